The molecule has 0 spiro atoms. The normalized spacial score (nSPS) is 20.2. The summed E-state index contributed by atoms with van der Waals surface area (Å²) in [6.45, 7) is 9.07. The number of carbonyl (C=O) groups is 2. The number of ether oxygens (including phenoxy) is 1. The van der Waals surface area contributed by atoms with Gasteiger partial charge in [0.2, 0.25) is 5.78 Å². The maximum Gasteiger partial charge on any atom is 0.276 e. The lowest BCUT2D eigenvalue weighted by Crippen LogP contribution is -2.39. The molecule has 1 aromatic carbocycles. The zero-order valence-corrected chi connectivity index (χ0v) is 17.8. The number of aliphatic hydroxyl groups excluding tert-OH is 1. The highest BCUT2D eigenvalue weighted by Gasteiger charge is 2.46. The standard InChI is InChI=1S/C24H30O5/c1-15(2)14-19(25)22(26)18(5)10-6-8-16(3)12-13-24(28)23(27)21-17(4)9-7-11-20(21)29-24/h7,9-12,14,19,25,28H,6,8,13H2,1-5H3/b16-12+,18-10+. The van der Waals surface area contributed by atoms with Crippen LogP contribution in [-0.4, -0.2) is 33.7 Å². The lowest BCUT2D eigenvalue weighted by atomic mass is 9.98. The number of aryl methyl sites for hydroxylation is 1. The van der Waals surface area contributed by atoms with Crippen LogP contribution in [0.15, 0.2) is 53.1 Å². The van der Waals surface area contributed by atoms with Crippen molar-refractivity contribution in [3.63, 3.8) is 0 Å². The van der Waals surface area contributed by atoms with Gasteiger partial charge in [-0.05, 0) is 70.7 Å². The van der Waals surface area contributed by atoms with Crippen molar-refractivity contribution >= 4 is 11.6 Å². The van der Waals surface area contributed by atoms with Gasteiger partial charge in [0.25, 0.3) is 5.79 Å². The summed E-state index contributed by atoms with van der Waals surface area (Å²) in [6, 6.07) is 5.29. The zero-order chi connectivity index (χ0) is 21.8. The molecular weight excluding hydrogens is 368 g/mol. The van der Waals surface area contributed by atoms with Gasteiger partial charge in [-0.1, -0.05) is 35.4 Å². The Balaban J connectivity index is 1.94. The number of rotatable bonds is 8. The van der Waals surface area contributed by atoms with Gasteiger partial charge < -0.3 is 14.9 Å². The predicted octanol–water partition coefficient (Wildman–Crippen LogP) is 4.22. The zero-order valence-electron chi connectivity index (χ0n) is 17.8. The van der Waals surface area contributed by atoms with E-state index in [9.17, 15) is 19.8 Å². The van der Waals surface area contributed by atoms with Crippen LogP contribution in [0.5, 0.6) is 5.75 Å². The fourth-order valence-electron chi connectivity index (χ4n) is 3.23. The van der Waals surface area contributed by atoms with Crippen LogP contribution in [0.4, 0.5) is 0 Å². The molecule has 0 amide bonds. The maximum atomic E-state index is 12.6. The maximum absolute atomic E-state index is 12.6. The second-order valence-corrected chi connectivity index (χ2v) is 7.90. The Morgan fingerprint density at radius 3 is 2.52 bits per heavy atom. The average Bonchev–Trinajstić information content (AvgIpc) is 2.90. The second-order valence-electron chi connectivity index (χ2n) is 7.90. The molecule has 1 aromatic rings. The summed E-state index contributed by atoms with van der Waals surface area (Å²) in [6.07, 6.45) is 5.36. The molecule has 0 aliphatic carbocycles. The quantitative estimate of drug-likeness (QED) is 0.506. The third-order valence-electron chi connectivity index (χ3n) is 4.96. The Kier molecular flexibility index (Phi) is 7.33. The summed E-state index contributed by atoms with van der Waals surface area (Å²) in [5, 5.41) is 20.5. The van der Waals surface area contributed by atoms with E-state index < -0.39 is 17.7 Å². The number of hydrogen-bond acceptors (Lipinski definition) is 5. The van der Waals surface area contributed by atoms with E-state index in [0.717, 1.165) is 16.7 Å². The molecule has 2 unspecified atom stereocenters. The van der Waals surface area contributed by atoms with Crippen molar-refractivity contribution in [2.24, 2.45) is 0 Å². The first-order chi connectivity index (χ1) is 13.5. The third-order valence-corrected chi connectivity index (χ3v) is 4.96. The SMILES string of the molecule is CC(C)=CC(O)C(=O)/C(C)=C/CC/C(C)=C/CC1(O)Oc2cccc(C)c2C1=O. The molecule has 5 heteroatoms. The van der Waals surface area contributed by atoms with Crippen molar-refractivity contribution < 1.29 is 24.5 Å². The van der Waals surface area contributed by atoms with Crippen molar-refractivity contribution in [1.82, 2.24) is 0 Å². The number of benzene rings is 1. The predicted molar refractivity (Wildman–Crippen MR) is 113 cm³/mol. The van der Waals surface area contributed by atoms with Gasteiger partial charge >= 0.3 is 0 Å². The van der Waals surface area contributed by atoms with Crippen LogP contribution in [0.2, 0.25) is 0 Å². The summed E-state index contributed by atoms with van der Waals surface area (Å²) in [7, 11) is 0. The third kappa shape index (κ3) is 5.52. The first kappa shape index (κ1) is 22.8. The summed E-state index contributed by atoms with van der Waals surface area (Å²) in [4.78, 5) is 24.7. The minimum atomic E-state index is -1.87. The Morgan fingerprint density at radius 1 is 1.21 bits per heavy atom. The van der Waals surface area contributed by atoms with Gasteiger partial charge in [0, 0.05) is 6.42 Å². The molecule has 0 fully saturated rings. The average molecular weight is 398 g/mol. The summed E-state index contributed by atoms with van der Waals surface area (Å²) in [5.41, 5.74) is 3.60. The van der Waals surface area contributed by atoms with Crippen LogP contribution in [0.1, 0.15) is 62.9 Å². The van der Waals surface area contributed by atoms with Crippen molar-refractivity contribution in [2.45, 2.75) is 65.8 Å². The molecule has 5 nitrogen and oxygen atoms in total. The molecule has 0 radical (unpaired) electrons. The van der Waals surface area contributed by atoms with Crippen molar-refractivity contribution in [1.29, 1.82) is 0 Å². The van der Waals surface area contributed by atoms with Crippen LogP contribution >= 0.6 is 0 Å². The number of allylic oxidation sites excluding steroid dienone is 3. The van der Waals surface area contributed by atoms with E-state index >= 15 is 0 Å². The number of hydrogen-bond donors (Lipinski definition) is 2. The molecular formula is C24H30O5. The van der Waals surface area contributed by atoms with E-state index in [2.05, 4.69) is 0 Å². The Labute approximate surface area is 172 Å². The van der Waals surface area contributed by atoms with Crippen molar-refractivity contribution in [3.05, 3.63) is 64.3 Å². The molecule has 0 saturated carbocycles. The first-order valence-electron chi connectivity index (χ1n) is 9.80. The van der Waals surface area contributed by atoms with Gasteiger partial charge in [0.1, 0.15) is 11.9 Å². The number of fused-ring (bicyclic) bond motifs is 1. The topological polar surface area (TPSA) is 83.8 Å². The van der Waals surface area contributed by atoms with Gasteiger partial charge in [0.05, 0.1) is 5.56 Å². The van der Waals surface area contributed by atoms with Gasteiger partial charge in [-0.25, -0.2) is 0 Å². The fourth-order valence-corrected chi connectivity index (χ4v) is 3.23. The lowest BCUT2D eigenvalue weighted by molar-refractivity contribution is -0.121. The largest absolute Gasteiger partial charge is 0.453 e. The smallest absolute Gasteiger partial charge is 0.276 e. The molecule has 1 aliphatic rings. The van der Waals surface area contributed by atoms with Gasteiger partial charge in [-0.2, -0.15) is 0 Å². The molecule has 0 bridgehead atoms. The molecule has 1 heterocycles. The lowest BCUT2D eigenvalue weighted by Gasteiger charge is -2.19. The van der Waals surface area contributed by atoms with E-state index in [4.69, 9.17) is 4.74 Å². The van der Waals surface area contributed by atoms with E-state index in [1.807, 2.05) is 33.8 Å². The molecule has 2 atom stereocenters. The van der Waals surface area contributed by atoms with E-state index in [1.54, 1.807) is 31.2 Å². The molecule has 2 rings (SSSR count). The van der Waals surface area contributed by atoms with E-state index in [-0.39, 0.29) is 12.2 Å². The molecule has 1 aliphatic heterocycles. The highest BCUT2D eigenvalue weighted by Crippen LogP contribution is 2.37. The van der Waals surface area contributed by atoms with Crippen LogP contribution in [0.3, 0.4) is 0 Å². The Hall–Kier alpha value is -2.50. The van der Waals surface area contributed by atoms with Crippen LogP contribution in [0, 0.1) is 6.92 Å². The summed E-state index contributed by atoms with van der Waals surface area (Å²) < 4.78 is 5.54. The van der Waals surface area contributed by atoms with Crippen LogP contribution < -0.4 is 4.74 Å². The van der Waals surface area contributed by atoms with Crippen molar-refractivity contribution in [2.75, 3.05) is 0 Å². The molecule has 156 valence electrons. The van der Waals surface area contributed by atoms with E-state index in [1.165, 1.54) is 6.08 Å². The second kappa shape index (κ2) is 9.33. The molecule has 0 aromatic heterocycles. The van der Waals surface area contributed by atoms with E-state index in [0.29, 0.717) is 29.7 Å². The van der Waals surface area contributed by atoms with Gasteiger partial charge in [0.15, 0.2) is 5.78 Å². The minimum absolute atomic E-state index is 0.0622. The van der Waals surface area contributed by atoms with Crippen LogP contribution in [-0.2, 0) is 4.79 Å². The molecule has 0 saturated heterocycles. The number of carbonyl (C=O) groups excluding carboxylic acids is 2. The molecule has 29 heavy (non-hydrogen) atoms. The first-order valence-corrected chi connectivity index (χ1v) is 9.80. The van der Waals surface area contributed by atoms with Crippen molar-refractivity contribution in [3.8, 4) is 5.75 Å². The minimum Gasteiger partial charge on any atom is -0.453 e. The number of Topliss-reactive ketones (excluding diaryl/α,β-unsaturated/α-hetero) is 2. The molecule has 2 N–H and O–H groups in total. The Bertz CT molecular complexity index is 887. The summed E-state index contributed by atoms with van der Waals surface area (Å²) in [5.74, 6) is -2.17. The number of ketones is 2. The highest BCUT2D eigenvalue weighted by molar-refractivity contribution is 6.07. The van der Waals surface area contributed by atoms with Crippen LogP contribution in [0.25, 0.3) is 0 Å². The fraction of sp³-hybridized carbons (Fsp3) is 0.417. The summed E-state index contributed by atoms with van der Waals surface area (Å²) >= 11 is 0. The number of aliphatic hydroxyl groups is 2. The van der Waals surface area contributed by atoms with Gasteiger partial charge in [-0.15, -0.1) is 0 Å². The van der Waals surface area contributed by atoms with Gasteiger partial charge in [-0.3, -0.25) is 9.59 Å². The Morgan fingerprint density at radius 2 is 1.90 bits per heavy atom. The monoisotopic (exact) mass is 398 g/mol. The highest BCUT2D eigenvalue weighted by atomic mass is 16.6.